The second-order valence-corrected chi connectivity index (χ2v) is 6.53. The molecule has 7 atom stereocenters. The van der Waals surface area contributed by atoms with Gasteiger partial charge in [-0.3, -0.25) is 0 Å². The summed E-state index contributed by atoms with van der Waals surface area (Å²) in [6, 6.07) is 0.375. The maximum atomic E-state index is 6.51. The van der Waals surface area contributed by atoms with Crippen LogP contribution in [0.2, 0.25) is 0 Å². The standard InChI is InChI=1S/C14H23NO3/c1-2-16-13-17-10-6-14(7-11(10)18-13)9-4-3-8(5-9)12(14)15/h8-13H,2-7,15H2,1H3/t8?,9?,10-,11?,12?,13?,14?/m1/s1. The number of ether oxygens (including phenoxy) is 3. The van der Waals surface area contributed by atoms with Gasteiger partial charge in [-0.15, -0.1) is 0 Å². The van der Waals surface area contributed by atoms with Crippen LogP contribution in [0, 0.1) is 17.3 Å². The van der Waals surface area contributed by atoms with E-state index in [4.69, 9.17) is 19.9 Å². The van der Waals surface area contributed by atoms with E-state index in [1.54, 1.807) is 0 Å². The summed E-state index contributed by atoms with van der Waals surface area (Å²) >= 11 is 0. The summed E-state index contributed by atoms with van der Waals surface area (Å²) in [5, 5.41) is 0. The molecule has 0 aromatic heterocycles. The average Bonchev–Trinajstić information content (AvgIpc) is 3.02. The molecule has 6 unspecified atom stereocenters. The summed E-state index contributed by atoms with van der Waals surface area (Å²) in [5.41, 5.74) is 6.83. The molecule has 18 heavy (non-hydrogen) atoms. The van der Waals surface area contributed by atoms with Gasteiger partial charge < -0.3 is 19.9 Å². The van der Waals surface area contributed by atoms with Gasteiger partial charge >= 0.3 is 0 Å². The Morgan fingerprint density at radius 1 is 1.22 bits per heavy atom. The summed E-state index contributed by atoms with van der Waals surface area (Å²) in [5.74, 6) is 1.58. The number of nitrogens with two attached hydrogens (primary N) is 1. The molecule has 3 saturated carbocycles. The highest BCUT2D eigenvalue weighted by atomic mass is 16.9. The predicted molar refractivity (Wildman–Crippen MR) is 65.6 cm³/mol. The smallest absolute Gasteiger partial charge is 0.272 e. The zero-order chi connectivity index (χ0) is 12.3. The number of hydrogen-bond acceptors (Lipinski definition) is 4. The quantitative estimate of drug-likeness (QED) is 0.812. The van der Waals surface area contributed by atoms with E-state index in [-0.39, 0.29) is 12.2 Å². The van der Waals surface area contributed by atoms with Gasteiger partial charge in [0.15, 0.2) is 0 Å². The molecule has 4 heteroatoms. The van der Waals surface area contributed by atoms with Gasteiger partial charge in [-0.2, -0.15) is 0 Å². The van der Waals surface area contributed by atoms with E-state index in [2.05, 4.69) is 0 Å². The third kappa shape index (κ3) is 1.40. The summed E-state index contributed by atoms with van der Waals surface area (Å²) < 4.78 is 17.1. The Morgan fingerprint density at radius 2 is 1.94 bits per heavy atom. The van der Waals surface area contributed by atoms with Gasteiger partial charge in [0.2, 0.25) is 0 Å². The Kier molecular flexibility index (Phi) is 2.54. The van der Waals surface area contributed by atoms with Crippen molar-refractivity contribution in [3.05, 3.63) is 0 Å². The van der Waals surface area contributed by atoms with Gasteiger partial charge in [0.05, 0.1) is 12.2 Å². The molecule has 0 radical (unpaired) electrons. The van der Waals surface area contributed by atoms with Gasteiger partial charge in [0.1, 0.15) is 0 Å². The second kappa shape index (κ2) is 3.92. The molecule has 0 aromatic carbocycles. The second-order valence-electron chi connectivity index (χ2n) is 6.53. The molecule has 0 amide bonds. The fourth-order valence-electron chi connectivity index (χ4n) is 5.11. The Bertz CT molecular complexity index is 330. The lowest BCUT2D eigenvalue weighted by atomic mass is 9.69. The van der Waals surface area contributed by atoms with E-state index in [0.29, 0.717) is 18.1 Å². The van der Waals surface area contributed by atoms with Crippen molar-refractivity contribution in [2.75, 3.05) is 6.61 Å². The summed E-state index contributed by atoms with van der Waals surface area (Å²) in [6.45, 7) is 2.17. The minimum Gasteiger partial charge on any atom is -0.330 e. The molecule has 4 fully saturated rings. The first-order chi connectivity index (χ1) is 8.73. The van der Waals surface area contributed by atoms with Crippen molar-refractivity contribution in [3.8, 4) is 0 Å². The summed E-state index contributed by atoms with van der Waals surface area (Å²) in [6.07, 6.45) is 6.65. The van der Waals surface area contributed by atoms with Crippen LogP contribution >= 0.6 is 0 Å². The molecule has 1 saturated heterocycles. The molecule has 0 aromatic rings. The van der Waals surface area contributed by atoms with Gasteiger partial charge in [-0.25, -0.2) is 0 Å². The van der Waals surface area contributed by atoms with E-state index >= 15 is 0 Å². The minimum atomic E-state index is -0.433. The van der Waals surface area contributed by atoms with Gasteiger partial charge in [-0.1, -0.05) is 0 Å². The fraction of sp³-hybridized carbons (Fsp3) is 1.00. The van der Waals surface area contributed by atoms with E-state index < -0.39 is 6.48 Å². The molecule has 2 bridgehead atoms. The number of fused-ring (bicyclic) bond motifs is 4. The van der Waals surface area contributed by atoms with Crippen LogP contribution in [0.3, 0.4) is 0 Å². The van der Waals surface area contributed by atoms with Gasteiger partial charge in [0, 0.05) is 12.6 Å². The highest BCUT2D eigenvalue weighted by Gasteiger charge is 2.63. The lowest BCUT2D eigenvalue weighted by Crippen LogP contribution is -2.45. The highest BCUT2D eigenvalue weighted by Crippen LogP contribution is 2.63. The van der Waals surface area contributed by atoms with Crippen LogP contribution in [0.15, 0.2) is 0 Å². The van der Waals surface area contributed by atoms with E-state index in [9.17, 15) is 0 Å². The van der Waals surface area contributed by atoms with E-state index in [1.807, 2.05) is 6.92 Å². The first-order valence-electron chi connectivity index (χ1n) is 7.41. The third-order valence-electron chi connectivity index (χ3n) is 5.91. The molecule has 2 N–H and O–H groups in total. The number of hydrogen-bond donors (Lipinski definition) is 1. The lowest BCUT2D eigenvalue weighted by Gasteiger charge is -2.40. The number of rotatable bonds is 2. The van der Waals surface area contributed by atoms with Crippen molar-refractivity contribution in [1.82, 2.24) is 0 Å². The first-order valence-corrected chi connectivity index (χ1v) is 7.41. The van der Waals surface area contributed by atoms with Crippen molar-refractivity contribution in [2.45, 2.75) is 63.8 Å². The minimum absolute atomic E-state index is 0.215. The third-order valence-corrected chi connectivity index (χ3v) is 5.91. The van der Waals surface area contributed by atoms with Crippen molar-refractivity contribution >= 4 is 0 Å². The van der Waals surface area contributed by atoms with Gasteiger partial charge in [0.25, 0.3) is 6.48 Å². The maximum Gasteiger partial charge on any atom is 0.272 e. The summed E-state index contributed by atoms with van der Waals surface area (Å²) in [7, 11) is 0. The van der Waals surface area contributed by atoms with Crippen LogP contribution in [0.4, 0.5) is 0 Å². The largest absolute Gasteiger partial charge is 0.330 e. The molecule has 3 aliphatic carbocycles. The van der Waals surface area contributed by atoms with Crippen molar-refractivity contribution in [2.24, 2.45) is 23.0 Å². The molecular formula is C14H23NO3. The monoisotopic (exact) mass is 253 g/mol. The Balaban J connectivity index is 1.50. The lowest BCUT2D eigenvalue weighted by molar-refractivity contribution is -0.247. The van der Waals surface area contributed by atoms with Crippen molar-refractivity contribution in [1.29, 1.82) is 0 Å². The SMILES string of the molecule is CCOC1OC2CC3(C[C@H]2O1)C1CCC(C1)C3N. The average molecular weight is 253 g/mol. The van der Waals surface area contributed by atoms with Crippen LogP contribution in [-0.2, 0) is 14.2 Å². The molecule has 102 valence electrons. The molecule has 4 aliphatic rings. The van der Waals surface area contributed by atoms with Crippen LogP contribution in [0.5, 0.6) is 0 Å². The molecule has 1 heterocycles. The van der Waals surface area contributed by atoms with Crippen LogP contribution < -0.4 is 5.73 Å². The Hall–Kier alpha value is -0.160. The Morgan fingerprint density at radius 3 is 2.50 bits per heavy atom. The molecule has 1 aliphatic heterocycles. The summed E-state index contributed by atoms with van der Waals surface area (Å²) in [4.78, 5) is 0. The maximum absolute atomic E-state index is 6.51. The first kappa shape index (κ1) is 11.6. The molecule has 4 nitrogen and oxygen atoms in total. The predicted octanol–water partition coefficient (Wildman–Crippen LogP) is 1.63. The Labute approximate surface area is 108 Å². The molecular weight excluding hydrogens is 230 g/mol. The van der Waals surface area contributed by atoms with Gasteiger partial charge in [-0.05, 0) is 56.3 Å². The fourth-order valence-corrected chi connectivity index (χ4v) is 5.11. The normalized spacial score (nSPS) is 57.7. The van der Waals surface area contributed by atoms with E-state index in [0.717, 1.165) is 24.7 Å². The van der Waals surface area contributed by atoms with Crippen molar-refractivity contribution < 1.29 is 14.2 Å². The van der Waals surface area contributed by atoms with Crippen molar-refractivity contribution in [3.63, 3.8) is 0 Å². The highest BCUT2D eigenvalue weighted by molar-refractivity contribution is 5.14. The zero-order valence-corrected chi connectivity index (χ0v) is 11.0. The molecule has 4 rings (SSSR count). The van der Waals surface area contributed by atoms with E-state index in [1.165, 1.54) is 19.3 Å². The van der Waals surface area contributed by atoms with Crippen LogP contribution in [-0.4, -0.2) is 31.3 Å². The van der Waals surface area contributed by atoms with Crippen LogP contribution in [0.1, 0.15) is 39.0 Å². The topological polar surface area (TPSA) is 53.7 Å². The van der Waals surface area contributed by atoms with Crippen LogP contribution in [0.25, 0.3) is 0 Å². The molecule has 1 spiro atoms. The zero-order valence-electron chi connectivity index (χ0n) is 11.0.